The molecule has 0 spiro atoms. The molecule has 1 aromatic carbocycles. The van der Waals surface area contributed by atoms with Gasteiger partial charge < -0.3 is 25.7 Å². The summed E-state index contributed by atoms with van der Waals surface area (Å²) < 4.78 is 4.88. The van der Waals surface area contributed by atoms with Gasteiger partial charge in [-0.05, 0) is 43.2 Å². The molecule has 35 heavy (non-hydrogen) atoms. The number of benzene rings is 1. The number of hydrogen-bond acceptors (Lipinski definition) is 5. The molecule has 0 saturated carbocycles. The highest BCUT2D eigenvalue weighted by Crippen LogP contribution is 2.25. The predicted octanol–water partition coefficient (Wildman–Crippen LogP) is 2.93. The summed E-state index contributed by atoms with van der Waals surface area (Å²) in [6.45, 7) is 6.45. The SMILES string of the molecule is COC(=O)C(CC1CCCNC1=O)NC(=O)C(CC(C)(C)C)NC(=O)c1cc2cccc(Cl)c2[nH]1. The summed E-state index contributed by atoms with van der Waals surface area (Å²) in [5.74, 6) is -2.17. The van der Waals surface area contributed by atoms with Crippen molar-refractivity contribution in [3.63, 3.8) is 0 Å². The Hall–Kier alpha value is -3.07. The standard InChI is InChI=1S/C25H33ClN4O5/c1-25(2,3)13-19(30-22(32)17-11-14-7-5-9-16(26)20(14)28-17)23(33)29-18(24(34)35-4)12-15-8-6-10-27-21(15)31/h5,7,9,11,15,18-19,28H,6,8,10,12-13H2,1-4H3,(H,27,31)(H,29,33)(H,30,32). The van der Waals surface area contributed by atoms with Crippen molar-refractivity contribution in [2.75, 3.05) is 13.7 Å². The summed E-state index contributed by atoms with van der Waals surface area (Å²) in [7, 11) is 1.23. The lowest BCUT2D eigenvalue weighted by atomic mass is 9.87. The number of ether oxygens (including phenoxy) is 1. The fourth-order valence-electron chi connectivity index (χ4n) is 4.27. The number of carbonyl (C=O) groups excluding carboxylic acids is 4. The van der Waals surface area contributed by atoms with Gasteiger partial charge in [-0.15, -0.1) is 0 Å². The minimum Gasteiger partial charge on any atom is -0.467 e. The average Bonchev–Trinajstić information content (AvgIpc) is 3.24. The third-order valence-electron chi connectivity index (χ3n) is 6.01. The van der Waals surface area contributed by atoms with Gasteiger partial charge in [-0.3, -0.25) is 14.4 Å². The molecule has 10 heteroatoms. The highest BCUT2D eigenvalue weighted by atomic mass is 35.5. The second-order valence-corrected chi connectivity index (χ2v) is 10.5. The van der Waals surface area contributed by atoms with Gasteiger partial charge in [-0.1, -0.05) is 44.5 Å². The van der Waals surface area contributed by atoms with Crippen molar-refractivity contribution in [3.05, 3.63) is 35.0 Å². The largest absolute Gasteiger partial charge is 0.467 e. The number of aromatic nitrogens is 1. The third kappa shape index (κ3) is 6.97. The van der Waals surface area contributed by atoms with E-state index in [9.17, 15) is 19.2 Å². The molecular weight excluding hydrogens is 472 g/mol. The highest BCUT2D eigenvalue weighted by Gasteiger charge is 2.34. The number of hydrogen-bond donors (Lipinski definition) is 4. The number of fused-ring (bicyclic) bond motifs is 1. The van der Waals surface area contributed by atoms with Gasteiger partial charge in [-0.2, -0.15) is 0 Å². The number of amides is 3. The molecule has 3 amide bonds. The Morgan fingerprint density at radius 2 is 1.94 bits per heavy atom. The Bertz CT molecular complexity index is 1110. The maximum atomic E-state index is 13.3. The van der Waals surface area contributed by atoms with E-state index in [1.165, 1.54) is 7.11 Å². The van der Waals surface area contributed by atoms with Crippen LogP contribution in [0, 0.1) is 11.3 Å². The molecule has 1 aliphatic heterocycles. The van der Waals surface area contributed by atoms with Gasteiger partial charge in [0.25, 0.3) is 5.91 Å². The summed E-state index contributed by atoms with van der Waals surface area (Å²) in [4.78, 5) is 54.0. The second-order valence-electron chi connectivity index (χ2n) is 10.1. The van der Waals surface area contributed by atoms with E-state index in [0.717, 1.165) is 11.8 Å². The molecule has 1 fully saturated rings. The molecule has 1 saturated heterocycles. The van der Waals surface area contributed by atoms with Crippen LogP contribution in [0.15, 0.2) is 24.3 Å². The lowest BCUT2D eigenvalue weighted by Gasteiger charge is -2.29. The number of halogens is 1. The lowest BCUT2D eigenvalue weighted by molar-refractivity contribution is -0.146. The Morgan fingerprint density at radius 1 is 1.20 bits per heavy atom. The zero-order valence-corrected chi connectivity index (χ0v) is 21.3. The quantitative estimate of drug-likeness (QED) is 0.411. The first-order valence-electron chi connectivity index (χ1n) is 11.7. The minimum absolute atomic E-state index is 0.126. The maximum Gasteiger partial charge on any atom is 0.328 e. The number of piperidine rings is 1. The summed E-state index contributed by atoms with van der Waals surface area (Å²) >= 11 is 6.21. The van der Waals surface area contributed by atoms with Gasteiger partial charge >= 0.3 is 5.97 Å². The number of H-pyrrole nitrogens is 1. The zero-order chi connectivity index (χ0) is 25.8. The third-order valence-corrected chi connectivity index (χ3v) is 6.33. The summed E-state index contributed by atoms with van der Waals surface area (Å²) in [6.07, 6.45) is 1.88. The van der Waals surface area contributed by atoms with E-state index in [1.807, 2.05) is 26.8 Å². The molecule has 0 radical (unpaired) electrons. The van der Waals surface area contributed by atoms with Crippen LogP contribution >= 0.6 is 11.6 Å². The van der Waals surface area contributed by atoms with E-state index in [0.29, 0.717) is 29.9 Å². The number of aromatic amines is 1. The summed E-state index contributed by atoms with van der Waals surface area (Å²) in [5, 5.41) is 9.54. The number of para-hydroxylation sites is 1. The molecule has 3 atom stereocenters. The van der Waals surface area contributed by atoms with Gasteiger partial charge in [0.15, 0.2) is 0 Å². The molecule has 3 rings (SSSR count). The number of carbonyl (C=O) groups is 4. The summed E-state index contributed by atoms with van der Waals surface area (Å²) in [5.41, 5.74) is 0.596. The van der Waals surface area contributed by atoms with Crippen molar-refractivity contribution < 1.29 is 23.9 Å². The Morgan fingerprint density at radius 3 is 2.57 bits per heavy atom. The van der Waals surface area contributed by atoms with Gasteiger partial charge in [0.05, 0.1) is 17.6 Å². The van der Waals surface area contributed by atoms with Crippen LogP contribution in [-0.4, -0.2) is 54.4 Å². The van der Waals surface area contributed by atoms with Crippen molar-refractivity contribution in [2.24, 2.45) is 11.3 Å². The highest BCUT2D eigenvalue weighted by molar-refractivity contribution is 6.35. The molecule has 1 aromatic heterocycles. The molecular formula is C25H33ClN4O5. The van der Waals surface area contributed by atoms with Crippen LogP contribution in [0.5, 0.6) is 0 Å². The van der Waals surface area contributed by atoms with E-state index in [4.69, 9.17) is 16.3 Å². The van der Waals surface area contributed by atoms with Crippen LogP contribution in [0.2, 0.25) is 5.02 Å². The van der Waals surface area contributed by atoms with Gasteiger partial charge in [0.1, 0.15) is 17.8 Å². The van der Waals surface area contributed by atoms with Gasteiger partial charge in [0.2, 0.25) is 11.8 Å². The van der Waals surface area contributed by atoms with E-state index < -0.39 is 35.8 Å². The smallest absolute Gasteiger partial charge is 0.328 e. The first-order chi connectivity index (χ1) is 16.5. The lowest BCUT2D eigenvalue weighted by Crippen LogP contribution is -2.54. The summed E-state index contributed by atoms with van der Waals surface area (Å²) in [6, 6.07) is 5.08. The Kier molecular flexibility index (Phi) is 8.43. The topological polar surface area (TPSA) is 129 Å². The molecule has 4 N–H and O–H groups in total. The monoisotopic (exact) mass is 504 g/mol. The van der Waals surface area contributed by atoms with Crippen molar-refractivity contribution >= 4 is 46.2 Å². The van der Waals surface area contributed by atoms with Gasteiger partial charge in [0, 0.05) is 17.8 Å². The maximum absolute atomic E-state index is 13.3. The van der Waals surface area contributed by atoms with Crippen LogP contribution in [0.3, 0.4) is 0 Å². The van der Waals surface area contributed by atoms with Crippen molar-refractivity contribution in [1.82, 2.24) is 20.9 Å². The molecule has 1 aliphatic rings. The normalized spacial score (nSPS) is 17.9. The van der Waals surface area contributed by atoms with Gasteiger partial charge in [-0.25, -0.2) is 4.79 Å². The molecule has 9 nitrogen and oxygen atoms in total. The first kappa shape index (κ1) is 26.5. The molecule has 0 bridgehead atoms. The number of nitrogens with one attached hydrogen (secondary N) is 4. The van der Waals surface area contributed by atoms with Crippen LogP contribution in [0.1, 0.15) is 56.9 Å². The van der Waals surface area contributed by atoms with Crippen molar-refractivity contribution in [2.45, 2.75) is 58.5 Å². The molecule has 3 unspecified atom stereocenters. The minimum atomic E-state index is -1.01. The average molecular weight is 505 g/mol. The molecule has 2 aromatic rings. The number of methoxy groups -OCH3 is 1. The molecule has 190 valence electrons. The van der Waals surface area contributed by atoms with E-state index in [-0.39, 0.29) is 23.4 Å². The zero-order valence-electron chi connectivity index (χ0n) is 20.5. The van der Waals surface area contributed by atoms with Crippen molar-refractivity contribution in [1.29, 1.82) is 0 Å². The molecule has 0 aliphatic carbocycles. The first-order valence-corrected chi connectivity index (χ1v) is 12.1. The number of esters is 1. The number of rotatable bonds is 8. The second kappa shape index (κ2) is 11.1. The van der Waals surface area contributed by atoms with E-state index in [1.54, 1.807) is 18.2 Å². The molecule has 2 heterocycles. The van der Waals surface area contributed by atoms with Crippen LogP contribution in [-0.2, 0) is 19.1 Å². The van der Waals surface area contributed by atoms with E-state index >= 15 is 0 Å². The van der Waals surface area contributed by atoms with Crippen LogP contribution in [0.4, 0.5) is 0 Å². The predicted molar refractivity (Wildman–Crippen MR) is 133 cm³/mol. The Labute approximate surface area is 209 Å². The van der Waals surface area contributed by atoms with Crippen molar-refractivity contribution in [3.8, 4) is 0 Å². The van der Waals surface area contributed by atoms with Crippen LogP contribution in [0.25, 0.3) is 10.9 Å². The fraction of sp³-hybridized carbons (Fsp3) is 0.520. The van der Waals surface area contributed by atoms with E-state index in [2.05, 4.69) is 20.9 Å². The fourth-order valence-corrected chi connectivity index (χ4v) is 4.50. The Balaban J connectivity index is 1.78. The van der Waals surface area contributed by atoms with Crippen LogP contribution < -0.4 is 16.0 Å².